The molecule has 0 unspecified atom stereocenters. The highest BCUT2D eigenvalue weighted by Gasteiger charge is 2.28. The summed E-state index contributed by atoms with van der Waals surface area (Å²) in [5.74, 6) is 0.823. The lowest BCUT2D eigenvalue weighted by Gasteiger charge is -2.09. The Hall–Kier alpha value is -1.43. The zero-order valence-corrected chi connectivity index (χ0v) is 11.2. The van der Waals surface area contributed by atoms with E-state index in [1.807, 2.05) is 0 Å². The van der Waals surface area contributed by atoms with Crippen molar-refractivity contribution in [1.82, 2.24) is 9.97 Å². The van der Waals surface area contributed by atoms with Gasteiger partial charge in [-0.3, -0.25) is 9.59 Å². The van der Waals surface area contributed by atoms with Crippen LogP contribution in [0.3, 0.4) is 0 Å². The van der Waals surface area contributed by atoms with E-state index in [1.54, 1.807) is 6.92 Å². The van der Waals surface area contributed by atoms with Crippen LogP contribution in [-0.2, 0) is 4.79 Å². The fourth-order valence-corrected chi connectivity index (χ4v) is 2.61. The van der Waals surface area contributed by atoms with E-state index in [9.17, 15) is 9.59 Å². The van der Waals surface area contributed by atoms with Crippen molar-refractivity contribution >= 4 is 23.5 Å². The maximum absolute atomic E-state index is 11.6. The summed E-state index contributed by atoms with van der Waals surface area (Å²) in [5, 5.41) is 0.579. The van der Waals surface area contributed by atoms with E-state index in [0.717, 1.165) is 18.7 Å². The van der Waals surface area contributed by atoms with Crippen LogP contribution < -0.4 is 5.73 Å². The zero-order chi connectivity index (χ0) is 13.3. The molecule has 0 aromatic carbocycles. The molecule has 0 bridgehead atoms. The summed E-state index contributed by atoms with van der Waals surface area (Å²) in [7, 11) is 0. The summed E-state index contributed by atoms with van der Waals surface area (Å²) >= 11 is 1.21. The van der Waals surface area contributed by atoms with Crippen LogP contribution in [0, 0.1) is 6.92 Å². The van der Waals surface area contributed by atoms with E-state index in [0.29, 0.717) is 22.2 Å². The number of aromatic nitrogens is 2. The third-order valence-electron chi connectivity index (χ3n) is 2.72. The Balaban J connectivity index is 2.37. The van der Waals surface area contributed by atoms with E-state index in [4.69, 9.17) is 5.73 Å². The van der Waals surface area contributed by atoms with Crippen molar-refractivity contribution in [2.24, 2.45) is 5.73 Å². The van der Waals surface area contributed by atoms with Crippen LogP contribution in [0.5, 0.6) is 0 Å². The van der Waals surface area contributed by atoms with Crippen molar-refractivity contribution in [3.63, 3.8) is 0 Å². The lowest BCUT2D eigenvalue weighted by atomic mass is 10.2. The smallest absolute Gasteiger partial charge is 0.227 e. The maximum Gasteiger partial charge on any atom is 0.227 e. The van der Waals surface area contributed by atoms with Gasteiger partial charge in [0.2, 0.25) is 5.91 Å². The second-order valence-corrected chi connectivity index (χ2v) is 5.40. The molecule has 1 fully saturated rings. The van der Waals surface area contributed by atoms with E-state index in [1.165, 1.54) is 18.7 Å². The number of carbonyl (C=O) groups is 2. The lowest BCUT2D eigenvalue weighted by molar-refractivity contribution is -0.115. The van der Waals surface area contributed by atoms with Crippen molar-refractivity contribution < 1.29 is 9.59 Å². The van der Waals surface area contributed by atoms with Crippen LogP contribution in [-0.4, -0.2) is 27.4 Å². The molecule has 2 rings (SSSR count). The maximum atomic E-state index is 11.6. The number of ketones is 1. The van der Waals surface area contributed by atoms with Crippen LogP contribution in [0.2, 0.25) is 0 Å². The molecule has 6 heteroatoms. The van der Waals surface area contributed by atoms with Crippen molar-refractivity contribution in [3.05, 3.63) is 17.1 Å². The molecule has 1 heterocycles. The van der Waals surface area contributed by atoms with Crippen molar-refractivity contribution in [1.29, 1.82) is 0 Å². The number of aryl methyl sites for hydroxylation is 1. The molecule has 1 amide bonds. The van der Waals surface area contributed by atoms with Crippen LogP contribution in [0.25, 0.3) is 0 Å². The van der Waals surface area contributed by atoms with Crippen LogP contribution >= 0.6 is 11.8 Å². The number of Topliss-reactive ketones (excluding diaryl/α,β-unsaturated/α-hetero) is 1. The SMILES string of the molecule is CC(=O)c1c(C)nc(C2CC2)nc1SCC(N)=O. The zero-order valence-electron chi connectivity index (χ0n) is 10.4. The Morgan fingerprint density at radius 1 is 1.39 bits per heavy atom. The molecule has 0 aliphatic heterocycles. The summed E-state index contributed by atoms with van der Waals surface area (Å²) in [6.07, 6.45) is 2.19. The van der Waals surface area contributed by atoms with Gasteiger partial charge in [0.25, 0.3) is 0 Å². The quantitative estimate of drug-likeness (QED) is 0.494. The molecule has 1 aromatic rings. The number of thioether (sulfide) groups is 1. The number of hydrogen-bond acceptors (Lipinski definition) is 5. The van der Waals surface area contributed by atoms with Gasteiger partial charge >= 0.3 is 0 Å². The van der Waals surface area contributed by atoms with Crippen molar-refractivity contribution in [2.75, 3.05) is 5.75 Å². The molecular weight excluding hydrogens is 250 g/mol. The predicted molar refractivity (Wildman–Crippen MR) is 68.7 cm³/mol. The van der Waals surface area contributed by atoms with Gasteiger partial charge in [-0.1, -0.05) is 11.8 Å². The molecule has 18 heavy (non-hydrogen) atoms. The summed E-state index contributed by atoms with van der Waals surface area (Å²) < 4.78 is 0. The van der Waals surface area contributed by atoms with Gasteiger partial charge in [0, 0.05) is 5.92 Å². The van der Waals surface area contributed by atoms with Crippen molar-refractivity contribution in [3.8, 4) is 0 Å². The summed E-state index contributed by atoms with van der Waals surface area (Å²) in [6, 6.07) is 0. The molecular formula is C12H15N3O2S. The largest absolute Gasteiger partial charge is 0.369 e. The molecule has 2 N–H and O–H groups in total. The normalized spacial score (nSPS) is 14.6. The van der Waals surface area contributed by atoms with Gasteiger partial charge in [0.05, 0.1) is 17.0 Å². The van der Waals surface area contributed by atoms with Gasteiger partial charge in [-0.15, -0.1) is 0 Å². The lowest BCUT2D eigenvalue weighted by Crippen LogP contribution is -2.14. The first-order valence-electron chi connectivity index (χ1n) is 5.79. The molecule has 1 saturated carbocycles. The second kappa shape index (κ2) is 5.06. The Labute approximate surface area is 110 Å². The number of carbonyl (C=O) groups excluding carboxylic acids is 2. The molecule has 96 valence electrons. The molecule has 0 saturated heterocycles. The van der Waals surface area contributed by atoms with E-state index >= 15 is 0 Å². The molecule has 1 aromatic heterocycles. The number of nitrogens with two attached hydrogens (primary N) is 1. The van der Waals surface area contributed by atoms with E-state index in [-0.39, 0.29) is 11.5 Å². The van der Waals surface area contributed by atoms with Gasteiger partial charge in [-0.2, -0.15) is 0 Å². The van der Waals surface area contributed by atoms with Gasteiger partial charge < -0.3 is 5.73 Å². The molecule has 5 nitrogen and oxygen atoms in total. The van der Waals surface area contributed by atoms with Crippen LogP contribution in [0.1, 0.15) is 47.6 Å². The van der Waals surface area contributed by atoms with Crippen molar-refractivity contribution in [2.45, 2.75) is 37.6 Å². The Bertz CT molecular complexity index is 512. The molecule has 1 aliphatic carbocycles. The van der Waals surface area contributed by atoms with Gasteiger partial charge in [-0.25, -0.2) is 9.97 Å². The van der Waals surface area contributed by atoms with E-state index < -0.39 is 5.91 Å². The minimum Gasteiger partial charge on any atom is -0.369 e. The second-order valence-electron chi connectivity index (χ2n) is 4.43. The third kappa shape index (κ3) is 2.87. The molecule has 1 aliphatic rings. The highest BCUT2D eigenvalue weighted by molar-refractivity contribution is 8.00. The summed E-state index contributed by atoms with van der Waals surface area (Å²) in [6.45, 7) is 3.29. The first-order chi connectivity index (χ1) is 8.49. The number of primary amides is 1. The molecule has 0 spiro atoms. The predicted octanol–water partition coefficient (Wildman–Crippen LogP) is 1.44. The highest BCUT2D eigenvalue weighted by atomic mass is 32.2. The monoisotopic (exact) mass is 265 g/mol. The average Bonchev–Trinajstić information content (AvgIpc) is 3.08. The standard InChI is InChI=1S/C12H15N3O2S/c1-6-10(7(2)16)12(18-5-9(13)17)15-11(14-6)8-3-4-8/h8H,3-5H2,1-2H3,(H2,13,17). The number of nitrogens with zero attached hydrogens (tertiary/aromatic N) is 2. The minimum atomic E-state index is -0.418. The molecule has 0 atom stereocenters. The number of amides is 1. The van der Waals surface area contributed by atoms with Crippen LogP contribution in [0.4, 0.5) is 0 Å². The first kappa shape index (κ1) is 13.0. The Kier molecular flexibility index (Phi) is 3.65. The summed E-state index contributed by atoms with van der Waals surface area (Å²) in [4.78, 5) is 31.3. The van der Waals surface area contributed by atoms with Gasteiger partial charge in [0.1, 0.15) is 10.9 Å². The average molecular weight is 265 g/mol. The summed E-state index contributed by atoms with van der Waals surface area (Å²) in [5.41, 5.74) is 6.32. The number of rotatable bonds is 5. The first-order valence-corrected chi connectivity index (χ1v) is 6.78. The third-order valence-corrected chi connectivity index (χ3v) is 3.72. The van der Waals surface area contributed by atoms with Gasteiger partial charge in [-0.05, 0) is 26.7 Å². The van der Waals surface area contributed by atoms with E-state index in [2.05, 4.69) is 9.97 Å². The fraction of sp³-hybridized carbons (Fsp3) is 0.500. The fourth-order valence-electron chi connectivity index (χ4n) is 1.74. The Morgan fingerprint density at radius 2 is 2.06 bits per heavy atom. The van der Waals surface area contributed by atoms with Gasteiger partial charge in [0.15, 0.2) is 5.78 Å². The van der Waals surface area contributed by atoms with Crippen LogP contribution in [0.15, 0.2) is 5.03 Å². The molecule has 0 radical (unpaired) electrons. The minimum absolute atomic E-state index is 0.0817. The topological polar surface area (TPSA) is 85.9 Å². The highest BCUT2D eigenvalue weighted by Crippen LogP contribution is 2.39. The Morgan fingerprint density at radius 3 is 2.56 bits per heavy atom. The number of hydrogen-bond donors (Lipinski definition) is 1.